The van der Waals surface area contributed by atoms with Crippen LogP contribution in [-0.2, 0) is 4.74 Å². The fraction of sp³-hybridized carbons (Fsp3) is 0.158. The number of aromatic nitrogens is 1. The minimum absolute atomic E-state index is 0.585. The molecule has 0 atom stereocenters. The third-order valence-corrected chi connectivity index (χ3v) is 5.47. The molecule has 1 heterocycles. The van der Waals surface area contributed by atoms with Crippen molar-refractivity contribution in [2.24, 2.45) is 10.1 Å². The second-order valence-corrected chi connectivity index (χ2v) is 8.06. The van der Waals surface area contributed by atoms with Crippen LogP contribution in [0.2, 0.25) is 0 Å². The Morgan fingerprint density at radius 2 is 1.69 bits per heavy atom. The minimum atomic E-state index is 0.585. The number of hydrogen-bond acceptors (Lipinski definition) is 4. The summed E-state index contributed by atoms with van der Waals surface area (Å²) in [6.45, 7) is 1.19. The van der Waals surface area contributed by atoms with Crippen LogP contribution in [0.4, 0.5) is 0 Å². The normalized spacial score (nSPS) is 12.2. The summed E-state index contributed by atoms with van der Waals surface area (Å²) in [6, 6.07) is 16.2. The zero-order valence-electron chi connectivity index (χ0n) is 14.1. The van der Waals surface area contributed by atoms with Gasteiger partial charge >= 0.3 is 0 Å². The maximum absolute atomic E-state index is 5.10. The van der Waals surface area contributed by atoms with Crippen molar-refractivity contribution in [3.8, 4) is 11.3 Å². The zero-order valence-corrected chi connectivity index (χ0v) is 18.1. The first-order chi connectivity index (χ1) is 12.7. The minimum Gasteiger partial charge on any atom is -0.383 e. The van der Waals surface area contributed by atoms with Crippen LogP contribution in [0, 0.1) is 0 Å². The summed E-state index contributed by atoms with van der Waals surface area (Å²) in [6.07, 6.45) is 1.84. The summed E-state index contributed by atoms with van der Waals surface area (Å²) < 4.78 is 9.08. The second kappa shape index (κ2) is 9.41. The zero-order chi connectivity index (χ0) is 18.4. The fourth-order valence-corrected chi connectivity index (χ4v) is 3.64. The topological polar surface area (TPSA) is 38.9 Å². The Labute approximate surface area is 173 Å². The summed E-state index contributed by atoms with van der Waals surface area (Å²) >= 11 is 8.50. The van der Waals surface area contributed by atoms with Crippen molar-refractivity contribution in [3.63, 3.8) is 0 Å². The largest absolute Gasteiger partial charge is 0.383 e. The van der Waals surface area contributed by atoms with E-state index < -0.39 is 0 Å². The van der Waals surface area contributed by atoms with E-state index in [1.54, 1.807) is 18.4 Å². The van der Waals surface area contributed by atoms with Crippen molar-refractivity contribution in [3.05, 3.63) is 73.2 Å². The molecule has 0 aliphatic heterocycles. The molecule has 26 heavy (non-hydrogen) atoms. The molecule has 0 aliphatic rings. The lowest BCUT2D eigenvalue weighted by molar-refractivity contribution is 0.207. The summed E-state index contributed by atoms with van der Waals surface area (Å²) in [5.74, 6) is 0. The SMILES string of the molecule is COCCN=c1scc(-c2ccc(Br)cc2)n1/N=C\c1ccc(Br)cc1. The molecule has 3 rings (SSSR count). The lowest BCUT2D eigenvalue weighted by Gasteiger charge is -2.04. The number of ether oxygens (including phenoxy) is 1. The molecule has 0 spiro atoms. The summed E-state index contributed by atoms with van der Waals surface area (Å²) in [7, 11) is 1.68. The van der Waals surface area contributed by atoms with Gasteiger partial charge in [0.1, 0.15) is 0 Å². The Morgan fingerprint density at radius 3 is 2.35 bits per heavy atom. The molecule has 0 fully saturated rings. The monoisotopic (exact) mass is 493 g/mol. The van der Waals surface area contributed by atoms with Gasteiger partial charge in [-0.3, -0.25) is 4.99 Å². The van der Waals surface area contributed by atoms with Crippen LogP contribution in [0.25, 0.3) is 11.3 Å². The molecule has 0 radical (unpaired) electrons. The molecule has 0 unspecified atom stereocenters. The van der Waals surface area contributed by atoms with Gasteiger partial charge in [-0.25, -0.2) is 4.68 Å². The molecule has 0 N–H and O–H groups in total. The van der Waals surface area contributed by atoms with Crippen LogP contribution >= 0.6 is 43.2 Å². The first-order valence-electron chi connectivity index (χ1n) is 7.93. The second-order valence-electron chi connectivity index (χ2n) is 5.39. The lowest BCUT2D eigenvalue weighted by Crippen LogP contribution is -2.13. The number of nitrogens with zero attached hydrogens (tertiary/aromatic N) is 3. The van der Waals surface area contributed by atoms with Gasteiger partial charge in [0.05, 0.1) is 25.1 Å². The molecule has 0 amide bonds. The van der Waals surface area contributed by atoms with E-state index in [-0.39, 0.29) is 0 Å². The van der Waals surface area contributed by atoms with E-state index in [1.807, 2.05) is 47.3 Å². The highest BCUT2D eigenvalue weighted by molar-refractivity contribution is 9.10. The first-order valence-corrected chi connectivity index (χ1v) is 10.4. The average Bonchev–Trinajstić information content (AvgIpc) is 3.05. The van der Waals surface area contributed by atoms with E-state index in [2.05, 4.69) is 59.5 Å². The van der Waals surface area contributed by atoms with E-state index >= 15 is 0 Å². The van der Waals surface area contributed by atoms with Crippen molar-refractivity contribution in [2.45, 2.75) is 0 Å². The molecule has 1 aromatic heterocycles. The van der Waals surface area contributed by atoms with Gasteiger partial charge in [0.15, 0.2) is 0 Å². The Bertz CT molecular complexity index is 944. The molecule has 0 bridgehead atoms. The van der Waals surface area contributed by atoms with Crippen molar-refractivity contribution in [1.29, 1.82) is 0 Å². The van der Waals surface area contributed by atoms with Gasteiger partial charge in [-0.05, 0) is 29.8 Å². The van der Waals surface area contributed by atoms with Crippen LogP contribution in [-0.4, -0.2) is 31.2 Å². The van der Waals surface area contributed by atoms with Gasteiger partial charge in [0.25, 0.3) is 0 Å². The van der Waals surface area contributed by atoms with Crippen LogP contribution in [0.5, 0.6) is 0 Å². The number of methoxy groups -OCH3 is 1. The third kappa shape index (κ3) is 5.01. The van der Waals surface area contributed by atoms with Crippen molar-refractivity contribution < 1.29 is 4.74 Å². The molecule has 0 saturated heterocycles. The molecular weight excluding hydrogens is 478 g/mol. The Hall–Kier alpha value is -1.54. The molecule has 0 saturated carbocycles. The summed E-state index contributed by atoms with van der Waals surface area (Å²) in [5, 5.41) is 6.76. The van der Waals surface area contributed by atoms with E-state index in [9.17, 15) is 0 Å². The molecule has 7 heteroatoms. The van der Waals surface area contributed by atoms with E-state index in [1.165, 1.54) is 0 Å². The molecule has 3 aromatic rings. The predicted molar refractivity (Wildman–Crippen MR) is 115 cm³/mol. The molecule has 4 nitrogen and oxygen atoms in total. The van der Waals surface area contributed by atoms with Gasteiger partial charge < -0.3 is 4.74 Å². The number of benzene rings is 2. The summed E-state index contributed by atoms with van der Waals surface area (Å²) in [4.78, 5) is 5.45. The standard InChI is InChI=1S/C19H17Br2N3OS/c1-25-11-10-22-19-24(23-12-14-2-6-16(20)7-3-14)18(13-26-19)15-4-8-17(21)9-5-15/h2-9,12-13H,10-11H2,1H3/b22-19?,23-12-. The maximum atomic E-state index is 5.10. The average molecular weight is 495 g/mol. The Balaban J connectivity index is 2.01. The van der Waals surface area contributed by atoms with Gasteiger partial charge in [-0.1, -0.05) is 56.1 Å². The quantitative estimate of drug-likeness (QED) is 0.344. The van der Waals surface area contributed by atoms with Gasteiger partial charge in [0.2, 0.25) is 4.80 Å². The molecule has 0 aliphatic carbocycles. The highest BCUT2D eigenvalue weighted by Crippen LogP contribution is 2.22. The van der Waals surface area contributed by atoms with Gasteiger partial charge in [-0.15, -0.1) is 11.3 Å². The van der Waals surface area contributed by atoms with Crippen LogP contribution in [0.3, 0.4) is 0 Å². The van der Waals surface area contributed by atoms with Gasteiger partial charge in [0, 0.05) is 27.0 Å². The van der Waals surface area contributed by atoms with E-state index in [4.69, 9.17) is 4.74 Å². The van der Waals surface area contributed by atoms with Gasteiger partial charge in [-0.2, -0.15) is 5.10 Å². The highest BCUT2D eigenvalue weighted by Gasteiger charge is 2.07. The number of thiazole rings is 1. The number of rotatable bonds is 6. The fourth-order valence-electron chi connectivity index (χ4n) is 2.24. The Morgan fingerprint density at radius 1 is 1.04 bits per heavy atom. The predicted octanol–water partition coefficient (Wildman–Crippen LogP) is 5.17. The Kier molecular flexibility index (Phi) is 6.96. The van der Waals surface area contributed by atoms with Crippen molar-refractivity contribution in [1.82, 2.24) is 4.68 Å². The summed E-state index contributed by atoms with van der Waals surface area (Å²) in [5.41, 5.74) is 3.12. The van der Waals surface area contributed by atoms with Crippen LogP contribution in [0.1, 0.15) is 5.56 Å². The molecular formula is C19H17Br2N3OS. The first kappa shape index (κ1) is 19.2. The number of hydrogen-bond donors (Lipinski definition) is 0. The molecule has 2 aromatic carbocycles. The number of halogens is 2. The third-order valence-electron chi connectivity index (χ3n) is 3.56. The van der Waals surface area contributed by atoms with E-state index in [0.717, 1.165) is 30.6 Å². The van der Waals surface area contributed by atoms with Crippen LogP contribution in [0.15, 0.2) is 73.0 Å². The van der Waals surface area contributed by atoms with Crippen LogP contribution < -0.4 is 4.80 Å². The van der Waals surface area contributed by atoms with Crippen molar-refractivity contribution >= 4 is 49.4 Å². The smallest absolute Gasteiger partial charge is 0.206 e. The highest BCUT2D eigenvalue weighted by atomic mass is 79.9. The maximum Gasteiger partial charge on any atom is 0.206 e. The lowest BCUT2D eigenvalue weighted by atomic mass is 10.2. The van der Waals surface area contributed by atoms with Crippen molar-refractivity contribution in [2.75, 3.05) is 20.3 Å². The molecule has 134 valence electrons. The van der Waals surface area contributed by atoms with E-state index in [0.29, 0.717) is 13.2 Å².